The standard InChI is InChI=1S/C11H28N2OSi/c1-9-12-15(14-8,13(6)7)11(4,5)10(2)3/h10,12H,9H2,1-8H3. The van der Waals surface area contributed by atoms with Gasteiger partial charge in [-0.25, -0.2) is 0 Å². The molecule has 0 aromatic heterocycles. The summed E-state index contributed by atoms with van der Waals surface area (Å²) in [6.45, 7) is 12.2. The van der Waals surface area contributed by atoms with Crippen LogP contribution in [0.4, 0.5) is 0 Å². The lowest BCUT2D eigenvalue weighted by Crippen LogP contribution is -2.70. The minimum Gasteiger partial charge on any atom is -0.395 e. The Labute approximate surface area is 96.5 Å². The van der Waals surface area contributed by atoms with Crippen molar-refractivity contribution in [3.05, 3.63) is 0 Å². The summed E-state index contributed by atoms with van der Waals surface area (Å²) in [7, 11) is 4.01. The molecule has 0 saturated carbocycles. The van der Waals surface area contributed by atoms with Crippen molar-refractivity contribution in [1.82, 2.24) is 9.55 Å². The molecule has 0 aromatic rings. The van der Waals surface area contributed by atoms with Gasteiger partial charge in [-0.1, -0.05) is 34.6 Å². The Morgan fingerprint density at radius 3 is 2.00 bits per heavy atom. The van der Waals surface area contributed by atoms with E-state index < -0.39 is 8.64 Å². The Hall–Kier alpha value is 0.0969. The molecule has 0 radical (unpaired) electrons. The fourth-order valence-corrected chi connectivity index (χ4v) is 6.33. The van der Waals surface area contributed by atoms with Crippen LogP contribution >= 0.6 is 0 Å². The first-order valence-corrected chi connectivity index (χ1v) is 7.59. The molecule has 0 fully saturated rings. The molecule has 0 aliphatic carbocycles. The average Bonchev–Trinajstić information content (AvgIpc) is 2.12. The summed E-state index contributed by atoms with van der Waals surface area (Å²) in [6.07, 6.45) is 0. The summed E-state index contributed by atoms with van der Waals surface area (Å²) in [5.41, 5.74) is 0. The molecule has 0 saturated heterocycles. The Kier molecular flexibility index (Phi) is 5.47. The Morgan fingerprint density at radius 1 is 1.33 bits per heavy atom. The summed E-state index contributed by atoms with van der Waals surface area (Å²) in [6, 6.07) is 0. The summed E-state index contributed by atoms with van der Waals surface area (Å²) in [4.78, 5) is 3.61. The highest BCUT2D eigenvalue weighted by Gasteiger charge is 2.53. The first-order chi connectivity index (χ1) is 6.76. The van der Waals surface area contributed by atoms with Gasteiger partial charge in [0.1, 0.15) is 0 Å². The molecule has 0 amide bonds. The molecule has 0 rings (SSSR count). The van der Waals surface area contributed by atoms with Crippen molar-refractivity contribution >= 4 is 8.64 Å². The quantitative estimate of drug-likeness (QED) is 0.711. The third kappa shape index (κ3) is 2.61. The minimum atomic E-state index is -2.05. The number of nitrogens with one attached hydrogen (secondary N) is 1. The van der Waals surface area contributed by atoms with E-state index in [-0.39, 0.29) is 5.04 Å². The Morgan fingerprint density at radius 2 is 1.80 bits per heavy atom. The van der Waals surface area contributed by atoms with Crippen LogP contribution in [0.15, 0.2) is 0 Å². The van der Waals surface area contributed by atoms with E-state index in [0.717, 1.165) is 6.54 Å². The zero-order valence-electron chi connectivity index (χ0n) is 11.6. The van der Waals surface area contributed by atoms with E-state index in [1.54, 1.807) is 0 Å². The molecule has 4 heteroatoms. The fourth-order valence-electron chi connectivity index (χ4n) is 2.11. The van der Waals surface area contributed by atoms with E-state index in [1.165, 1.54) is 0 Å². The van der Waals surface area contributed by atoms with Crippen LogP contribution in [-0.2, 0) is 4.43 Å². The number of hydrogen-bond donors (Lipinski definition) is 1. The highest BCUT2D eigenvalue weighted by molar-refractivity contribution is 6.71. The van der Waals surface area contributed by atoms with Gasteiger partial charge in [0.25, 0.3) is 0 Å². The van der Waals surface area contributed by atoms with Gasteiger partial charge in [0.15, 0.2) is 0 Å². The van der Waals surface area contributed by atoms with Crippen LogP contribution in [0, 0.1) is 5.92 Å². The molecule has 0 aliphatic rings. The van der Waals surface area contributed by atoms with Crippen molar-refractivity contribution < 1.29 is 4.43 Å². The molecule has 0 aliphatic heterocycles. The maximum Gasteiger partial charge on any atom is 0.360 e. The largest absolute Gasteiger partial charge is 0.395 e. The van der Waals surface area contributed by atoms with Crippen molar-refractivity contribution in [2.45, 2.75) is 39.7 Å². The summed E-state index contributed by atoms with van der Waals surface area (Å²) >= 11 is 0. The number of rotatable bonds is 6. The fraction of sp³-hybridized carbons (Fsp3) is 1.00. The molecule has 3 nitrogen and oxygen atoms in total. The van der Waals surface area contributed by atoms with Gasteiger partial charge in [-0.15, -0.1) is 0 Å². The highest BCUT2D eigenvalue weighted by atomic mass is 28.4. The monoisotopic (exact) mass is 232 g/mol. The summed E-state index contributed by atoms with van der Waals surface area (Å²) < 4.78 is 8.18. The van der Waals surface area contributed by atoms with Gasteiger partial charge in [-0.2, -0.15) is 0 Å². The van der Waals surface area contributed by atoms with E-state index in [2.05, 4.69) is 58.3 Å². The molecule has 1 atom stereocenters. The first-order valence-electron chi connectivity index (χ1n) is 5.73. The van der Waals surface area contributed by atoms with Crippen molar-refractivity contribution in [2.75, 3.05) is 27.7 Å². The molecule has 0 bridgehead atoms. The van der Waals surface area contributed by atoms with Gasteiger partial charge >= 0.3 is 8.64 Å². The lowest BCUT2D eigenvalue weighted by atomic mass is 9.99. The zero-order chi connectivity index (χ0) is 12.3. The maximum atomic E-state index is 5.92. The second kappa shape index (κ2) is 5.43. The van der Waals surface area contributed by atoms with Crippen LogP contribution in [0.2, 0.25) is 5.04 Å². The van der Waals surface area contributed by atoms with Crippen LogP contribution < -0.4 is 4.98 Å². The normalized spacial score (nSPS) is 17.2. The van der Waals surface area contributed by atoms with E-state index in [4.69, 9.17) is 4.43 Å². The lowest BCUT2D eigenvalue weighted by Gasteiger charge is -2.48. The van der Waals surface area contributed by atoms with Crippen molar-refractivity contribution in [3.63, 3.8) is 0 Å². The van der Waals surface area contributed by atoms with Crippen LogP contribution in [0.25, 0.3) is 0 Å². The summed E-state index contributed by atoms with van der Waals surface area (Å²) in [5.74, 6) is 0.588. The molecule has 1 N–H and O–H groups in total. The van der Waals surface area contributed by atoms with Gasteiger partial charge in [-0.05, 0) is 26.6 Å². The second-order valence-corrected chi connectivity index (χ2v) is 9.38. The molecular formula is C11H28N2OSi. The zero-order valence-corrected chi connectivity index (χ0v) is 12.6. The molecule has 0 spiro atoms. The van der Waals surface area contributed by atoms with E-state index in [9.17, 15) is 0 Å². The van der Waals surface area contributed by atoms with Crippen LogP contribution in [0.5, 0.6) is 0 Å². The Balaban J connectivity index is 5.23. The minimum absolute atomic E-state index is 0.168. The lowest BCUT2D eigenvalue weighted by molar-refractivity contribution is 0.249. The molecule has 0 aromatic carbocycles. The topological polar surface area (TPSA) is 24.5 Å². The van der Waals surface area contributed by atoms with Crippen LogP contribution in [-0.4, -0.2) is 41.0 Å². The molecule has 0 heterocycles. The molecule has 1 unspecified atom stereocenters. The second-order valence-electron chi connectivity index (χ2n) is 5.15. The maximum absolute atomic E-state index is 5.92. The SMILES string of the molecule is CCN[Si](OC)(N(C)C)C(C)(C)C(C)C. The smallest absolute Gasteiger partial charge is 0.360 e. The van der Waals surface area contributed by atoms with Gasteiger partial charge < -0.3 is 9.41 Å². The highest BCUT2D eigenvalue weighted by Crippen LogP contribution is 2.43. The predicted octanol–water partition coefficient (Wildman–Crippen LogP) is 2.18. The third-order valence-electron chi connectivity index (χ3n) is 3.66. The van der Waals surface area contributed by atoms with Crippen LogP contribution in [0.3, 0.4) is 0 Å². The van der Waals surface area contributed by atoms with Crippen molar-refractivity contribution in [3.8, 4) is 0 Å². The van der Waals surface area contributed by atoms with Gasteiger partial charge in [0, 0.05) is 12.1 Å². The van der Waals surface area contributed by atoms with E-state index in [0.29, 0.717) is 5.92 Å². The summed E-state index contributed by atoms with van der Waals surface area (Å²) in [5, 5.41) is 0.168. The van der Waals surface area contributed by atoms with Crippen LogP contribution in [0.1, 0.15) is 34.6 Å². The van der Waals surface area contributed by atoms with Crippen molar-refractivity contribution in [1.29, 1.82) is 0 Å². The average molecular weight is 232 g/mol. The van der Waals surface area contributed by atoms with E-state index in [1.807, 2.05) is 7.11 Å². The molecular weight excluding hydrogens is 204 g/mol. The van der Waals surface area contributed by atoms with E-state index >= 15 is 0 Å². The first kappa shape index (κ1) is 15.1. The van der Waals surface area contributed by atoms with Gasteiger partial charge in [0.05, 0.1) is 0 Å². The van der Waals surface area contributed by atoms with Crippen molar-refractivity contribution in [2.24, 2.45) is 5.92 Å². The number of hydrogen-bond acceptors (Lipinski definition) is 3. The predicted molar refractivity (Wildman–Crippen MR) is 69.0 cm³/mol. The Bertz CT molecular complexity index is 195. The number of nitrogens with zero attached hydrogens (tertiary/aromatic N) is 1. The molecule has 92 valence electrons. The van der Waals surface area contributed by atoms with Gasteiger partial charge in [0.2, 0.25) is 0 Å². The molecule has 15 heavy (non-hydrogen) atoms. The van der Waals surface area contributed by atoms with Gasteiger partial charge in [-0.3, -0.25) is 4.57 Å². The third-order valence-corrected chi connectivity index (χ3v) is 8.67.